The molecule has 0 aliphatic carbocycles. The van der Waals surface area contributed by atoms with Crippen LogP contribution >= 0.6 is 0 Å². The minimum Gasteiger partial charge on any atom is -0.478 e. The summed E-state index contributed by atoms with van der Waals surface area (Å²) in [6.45, 7) is 0. The second-order valence-electron chi connectivity index (χ2n) is 3.20. The van der Waals surface area contributed by atoms with Gasteiger partial charge in [0, 0.05) is 7.05 Å². The normalized spacial score (nSPS) is 14.3. The predicted molar refractivity (Wildman–Crippen MR) is 49.8 cm³/mol. The smallest absolute Gasteiger partial charge is 0.336 e. The van der Waals surface area contributed by atoms with Crippen molar-refractivity contribution in [2.45, 2.75) is 0 Å². The molecular formula is C10H7NO4. The van der Waals surface area contributed by atoms with Crippen molar-refractivity contribution in [2.75, 3.05) is 7.05 Å². The number of carboxylic acids is 1. The molecule has 2 rings (SSSR count). The van der Waals surface area contributed by atoms with Crippen molar-refractivity contribution in [1.82, 2.24) is 4.90 Å². The number of carbonyl (C=O) groups excluding carboxylic acids is 2. The Morgan fingerprint density at radius 1 is 1.27 bits per heavy atom. The van der Waals surface area contributed by atoms with Gasteiger partial charge in [0.2, 0.25) is 0 Å². The molecule has 76 valence electrons. The third-order valence-electron chi connectivity index (χ3n) is 2.35. The number of hydrogen-bond donors (Lipinski definition) is 1. The highest BCUT2D eigenvalue weighted by molar-refractivity contribution is 6.24. The molecule has 1 aliphatic heterocycles. The van der Waals surface area contributed by atoms with E-state index in [0.717, 1.165) is 4.90 Å². The van der Waals surface area contributed by atoms with Crippen LogP contribution in [-0.4, -0.2) is 34.8 Å². The van der Waals surface area contributed by atoms with Gasteiger partial charge in [-0.2, -0.15) is 0 Å². The quantitative estimate of drug-likeness (QED) is 0.681. The van der Waals surface area contributed by atoms with Gasteiger partial charge in [-0.25, -0.2) is 4.79 Å². The molecule has 1 aromatic rings. The van der Waals surface area contributed by atoms with Crippen LogP contribution in [0.25, 0.3) is 0 Å². The predicted octanol–water partition coefficient (Wildman–Crippen LogP) is 0.611. The zero-order chi connectivity index (χ0) is 11.2. The van der Waals surface area contributed by atoms with E-state index in [1.54, 1.807) is 0 Å². The second kappa shape index (κ2) is 2.91. The Morgan fingerprint density at radius 2 is 1.93 bits per heavy atom. The highest BCUT2D eigenvalue weighted by Gasteiger charge is 2.36. The molecule has 2 amide bonds. The minimum atomic E-state index is -1.21. The van der Waals surface area contributed by atoms with Gasteiger partial charge in [0.15, 0.2) is 0 Å². The number of rotatable bonds is 1. The van der Waals surface area contributed by atoms with Crippen molar-refractivity contribution in [2.24, 2.45) is 0 Å². The average molecular weight is 205 g/mol. The van der Waals surface area contributed by atoms with E-state index in [9.17, 15) is 14.4 Å². The molecule has 5 heteroatoms. The number of fused-ring (bicyclic) bond motifs is 1. The van der Waals surface area contributed by atoms with E-state index in [4.69, 9.17) is 5.11 Å². The lowest BCUT2D eigenvalue weighted by atomic mass is 10.0. The minimum absolute atomic E-state index is 0.0162. The van der Waals surface area contributed by atoms with Gasteiger partial charge in [-0.1, -0.05) is 6.07 Å². The largest absolute Gasteiger partial charge is 0.478 e. The third kappa shape index (κ3) is 1.13. The number of amides is 2. The maximum Gasteiger partial charge on any atom is 0.336 e. The summed E-state index contributed by atoms with van der Waals surface area (Å²) in [4.78, 5) is 34.8. The summed E-state index contributed by atoms with van der Waals surface area (Å²) in [5.41, 5.74) is 0.00935. The summed E-state index contributed by atoms with van der Waals surface area (Å²) < 4.78 is 0. The first-order chi connectivity index (χ1) is 7.04. The molecule has 0 saturated heterocycles. The van der Waals surface area contributed by atoms with Crippen molar-refractivity contribution in [3.05, 3.63) is 34.9 Å². The molecular weight excluding hydrogens is 198 g/mol. The van der Waals surface area contributed by atoms with Crippen molar-refractivity contribution in [3.8, 4) is 0 Å². The number of nitrogens with zero attached hydrogens (tertiary/aromatic N) is 1. The molecule has 0 spiro atoms. The number of hydrogen-bond acceptors (Lipinski definition) is 3. The molecule has 15 heavy (non-hydrogen) atoms. The summed E-state index contributed by atoms with van der Waals surface area (Å²) in [6.07, 6.45) is 0. The van der Waals surface area contributed by atoms with Gasteiger partial charge >= 0.3 is 5.97 Å². The van der Waals surface area contributed by atoms with Crippen LogP contribution in [0.5, 0.6) is 0 Å². The van der Waals surface area contributed by atoms with Crippen LogP contribution in [-0.2, 0) is 0 Å². The van der Waals surface area contributed by atoms with E-state index < -0.39 is 17.8 Å². The fourth-order valence-corrected chi connectivity index (χ4v) is 1.58. The van der Waals surface area contributed by atoms with Crippen LogP contribution in [0.15, 0.2) is 18.2 Å². The highest BCUT2D eigenvalue weighted by Crippen LogP contribution is 2.24. The van der Waals surface area contributed by atoms with Gasteiger partial charge in [0.25, 0.3) is 11.8 Å². The molecule has 1 N–H and O–H groups in total. The van der Waals surface area contributed by atoms with E-state index in [1.807, 2.05) is 0 Å². The Kier molecular flexibility index (Phi) is 1.82. The highest BCUT2D eigenvalue weighted by atomic mass is 16.4. The number of aromatic carboxylic acids is 1. The van der Waals surface area contributed by atoms with Gasteiger partial charge in [-0.05, 0) is 12.1 Å². The molecule has 0 radical (unpaired) electrons. The monoisotopic (exact) mass is 205 g/mol. The lowest BCUT2D eigenvalue weighted by molar-refractivity contribution is 0.0663. The second-order valence-corrected chi connectivity index (χ2v) is 3.20. The van der Waals surface area contributed by atoms with Crippen molar-refractivity contribution in [1.29, 1.82) is 0 Å². The third-order valence-corrected chi connectivity index (χ3v) is 2.35. The molecule has 0 atom stereocenters. The maximum absolute atomic E-state index is 11.6. The Morgan fingerprint density at radius 3 is 2.53 bits per heavy atom. The van der Waals surface area contributed by atoms with Crippen molar-refractivity contribution >= 4 is 17.8 Å². The fraction of sp³-hybridized carbons (Fsp3) is 0.100. The molecule has 0 unspecified atom stereocenters. The lowest BCUT2D eigenvalue weighted by Gasteiger charge is -2.03. The van der Waals surface area contributed by atoms with Crippen LogP contribution in [0.1, 0.15) is 31.1 Å². The van der Waals surface area contributed by atoms with Crippen molar-refractivity contribution in [3.63, 3.8) is 0 Å². The van der Waals surface area contributed by atoms with Gasteiger partial charge < -0.3 is 5.11 Å². The molecule has 0 aromatic heterocycles. The van der Waals surface area contributed by atoms with E-state index in [-0.39, 0.29) is 16.7 Å². The Hall–Kier alpha value is -2.17. The molecule has 5 nitrogen and oxygen atoms in total. The number of carboxylic acid groups (broad SMARTS) is 1. The van der Waals surface area contributed by atoms with Gasteiger partial charge in [0.1, 0.15) is 0 Å². The molecule has 1 aliphatic rings. The Labute approximate surface area is 84.9 Å². The average Bonchev–Trinajstić information content (AvgIpc) is 2.44. The number of benzene rings is 1. The summed E-state index contributed by atoms with van der Waals surface area (Å²) in [6, 6.07) is 4.21. The summed E-state index contributed by atoms with van der Waals surface area (Å²) >= 11 is 0. The molecule has 1 aromatic carbocycles. The Bertz CT molecular complexity index is 492. The SMILES string of the molecule is CN1C(=O)c2cccc(C(=O)O)c2C1=O. The first kappa shape index (κ1) is 9.39. The van der Waals surface area contributed by atoms with E-state index in [1.165, 1.54) is 25.2 Å². The maximum atomic E-state index is 11.6. The van der Waals surface area contributed by atoms with Gasteiger partial charge in [0.05, 0.1) is 16.7 Å². The summed E-state index contributed by atoms with van der Waals surface area (Å²) in [5, 5.41) is 8.86. The summed E-state index contributed by atoms with van der Waals surface area (Å²) in [7, 11) is 1.33. The Balaban J connectivity index is 2.74. The first-order valence-electron chi connectivity index (χ1n) is 4.22. The zero-order valence-electron chi connectivity index (χ0n) is 7.85. The first-order valence-corrected chi connectivity index (χ1v) is 4.22. The fourth-order valence-electron chi connectivity index (χ4n) is 1.58. The molecule has 0 bridgehead atoms. The number of imide groups is 1. The number of carbonyl (C=O) groups is 3. The standard InChI is InChI=1S/C10H7NO4/c1-11-8(12)5-3-2-4-6(10(14)15)7(5)9(11)13/h2-4H,1H3,(H,14,15). The molecule has 0 saturated carbocycles. The zero-order valence-corrected chi connectivity index (χ0v) is 7.85. The van der Waals surface area contributed by atoms with Crippen LogP contribution in [0.4, 0.5) is 0 Å². The van der Waals surface area contributed by atoms with E-state index in [0.29, 0.717) is 0 Å². The van der Waals surface area contributed by atoms with Gasteiger partial charge in [-0.3, -0.25) is 14.5 Å². The van der Waals surface area contributed by atoms with Crippen molar-refractivity contribution < 1.29 is 19.5 Å². The van der Waals surface area contributed by atoms with E-state index >= 15 is 0 Å². The van der Waals surface area contributed by atoms with Crippen LogP contribution in [0, 0.1) is 0 Å². The van der Waals surface area contributed by atoms with Gasteiger partial charge in [-0.15, -0.1) is 0 Å². The molecule has 0 fully saturated rings. The summed E-state index contributed by atoms with van der Waals surface area (Å²) in [5.74, 6) is -2.23. The topological polar surface area (TPSA) is 74.7 Å². The van der Waals surface area contributed by atoms with Crippen LogP contribution in [0.2, 0.25) is 0 Å². The molecule has 1 heterocycles. The van der Waals surface area contributed by atoms with Crippen LogP contribution in [0.3, 0.4) is 0 Å². The van der Waals surface area contributed by atoms with Crippen LogP contribution < -0.4 is 0 Å². The van der Waals surface area contributed by atoms with E-state index in [2.05, 4.69) is 0 Å². The lowest BCUT2D eigenvalue weighted by Crippen LogP contribution is -2.24.